The number of nitrogens with zero attached hydrogens (tertiary/aromatic N) is 1. The van der Waals surface area contributed by atoms with Gasteiger partial charge in [0, 0.05) is 17.0 Å². The van der Waals surface area contributed by atoms with Crippen LogP contribution >= 0.6 is 11.3 Å². The number of hydrogen-bond donors (Lipinski definition) is 1. The molecule has 0 saturated heterocycles. The highest BCUT2D eigenvalue weighted by Crippen LogP contribution is 2.42. The fourth-order valence-corrected chi connectivity index (χ4v) is 3.67. The van der Waals surface area contributed by atoms with Gasteiger partial charge in [0.05, 0.1) is 5.69 Å². The first kappa shape index (κ1) is 11.7. The third-order valence-electron chi connectivity index (χ3n) is 3.46. The van der Waals surface area contributed by atoms with Crippen molar-refractivity contribution in [1.82, 2.24) is 4.98 Å². The van der Waals surface area contributed by atoms with E-state index < -0.39 is 0 Å². The lowest BCUT2D eigenvalue weighted by Gasteiger charge is -2.20. The predicted octanol–water partition coefficient (Wildman–Crippen LogP) is 4.29. The van der Waals surface area contributed by atoms with E-state index in [0.29, 0.717) is 5.92 Å². The van der Waals surface area contributed by atoms with Crippen LogP contribution in [0.2, 0.25) is 0 Å². The lowest BCUT2D eigenvalue weighted by Crippen LogP contribution is -2.06. The standard InChI is InChI=1S/C15H18N2S/c1-3-8-16-15-17-14-12-7-5-4-6-11(12)10(2)9-13(14)18-15/h4-7,10H,3,8-9H2,1-2H3,(H,16,17). The Kier molecular flexibility index (Phi) is 3.08. The Morgan fingerprint density at radius 2 is 2.22 bits per heavy atom. The molecule has 1 aliphatic carbocycles. The molecule has 3 rings (SSSR count). The number of fused-ring (bicyclic) bond motifs is 3. The van der Waals surface area contributed by atoms with Crippen LogP contribution in [0.1, 0.15) is 36.6 Å². The highest BCUT2D eigenvalue weighted by Gasteiger charge is 2.24. The van der Waals surface area contributed by atoms with Gasteiger partial charge in [-0.1, -0.05) is 38.1 Å². The summed E-state index contributed by atoms with van der Waals surface area (Å²) in [5.74, 6) is 0.605. The number of benzene rings is 1. The maximum Gasteiger partial charge on any atom is 0.183 e. The van der Waals surface area contributed by atoms with E-state index in [0.717, 1.165) is 24.5 Å². The number of anilines is 1. The Hall–Kier alpha value is -1.35. The average molecular weight is 258 g/mol. The van der Waals surface area contributed by atoms with Gasteiger partial charge in [-0.15, -0.1) is 11.3 Å². The monoisotopic (exact) mass is 258 g/mol. The van der Waals surface area contributed by atoms with E-state index in [9.17, 15) is 0 Å². The zero-order valence-electron chi connectivity index (χ0n) is 10.9. The molecule has 3 heteroatoms. The van der Waals surface area contributed by atoms with E-state index in [2.05, 4.69) is 43.4 Å². The summed E-state index contributed by atoms with van der Waals surface area (Å²) in [5, 5.41) is 4.48. The maximum absolute atomic E-state index is 4.77. The molecule has 1 aliphatic rings. The summed E-state index contributed by atoms with van der Waals surface area (Å²) in [4.78, 5) is 6.20. The molecule has 1 aromatic heterocycles. The second-order valence-corrected chi connectivity index (χ2v) is 5.99. The average Bonchev–Trinajstić information content (AvgIpc) is 2.80. The van der Waals surface area contributed by atoms with E-state index in [1.165, 1.54) is 21.7 Å². The molecule has 2 aromatic rings. The summed E-state index contributed by atoms with van der Waals surface area (Å²) < 4.78 is 0. The van der Waals surface area contributed by atoms with Gasteiger partial charge in [0.1, 0.15) is 0 Å². The SMILES string of the molecule is CCCNc1nc2c(s1)CC(C)c1ccccc1-2. The van der Waals surface area contributed by atoms with Crippen LogP contribution < -0.4 is 5.32 Å². The van der Waals surface area contributed by atoms with Crippen molar-refractivity contribution in [2.45, 2.75) is 32.6 Å². The van der Waals surface area contributed by atoms with Crippen LogP contribution in [0.3, 0.4) is 0 Å². The van der Waals surface area contributed by atoms with Gasteiger partial charge < -0.3 is 5.32 Å². The molecule has 1 atom stereocenters. The van der Waals surface area contributed by atoms with E-state index >= 15 is 0 Å². The summed E-state index contributed by atoms with van der Waals surface area (Å²) in [5.41, 5.74) is 3.97. The third kappa shape index (κ3) is 1.93. The maximum atomic E-state index is 4.77. The van der Waals surface area contributed by atoms with Crippen LogP contribution in [0.15, 0.2) is 24.3 Å². The molecule has 0 bridgehead atoms. The Bertz CT molecular complexity index is 559. The van der Waals surface area contributed by atoms with Gasteiger partial charge in [0.2, 0.25) is 0 Å². The number of aromatic nitrogens is 1. The van der Waals surface area contributed by atoms with Gasteiger partial charge in [0.15, 0.2) is 5.13 Å². The van der Waals surface area contributed by atoms with Crippen LogP contribution in [0, 0.1) is 0 Å². The van der Waals surface area contributed by atoms with Gasteiger partial charge in [-0.2, -0.15) is 0 Å². The van der Waals surface area contributed by atoms with Gasteiger partial charge in [-0.3, -0.25) is 0 Å². The molecule has 94 valence electrons. The number of rotatable bonds is 3. The molecule has 0 fully saturated rings. The molecule has 1 N–H and O–H groups in total. The molecule has 1 heterocycles. The minimum Gasteiger partial charge on any atom is -0.362 e. The van der Waals surface area contributed by atoms with Crippen molar-refractivity contribution in [3.63, 3.8) is 0 Å². The topological polar surface area (TPSA) is 24.9 Å². The quantitative estimate of drug-likeness (QED) is 0.888. The Balaban J connectivity index is 2.02. The smallest absolute Gasteiger partial charge is 0.183 e. The lowest BCUT2D eigenvalue weighted by atomic mass is 9.86. The molecule has 0 spiro atoms. The first-order valence-electron chi connectivity index (χ1n) is 6.62. The third-order valence-corrected chi connectivity index (χ3v) is 4.50. The van der Waals surface area contributed by atoms with E-state index in [-0.39, 0.29) is 0 Å². The van der Waals surface area contributed by atoms with Crippen LogP contribution in [-0.2, 0) is 6.42 Å². The predicted molar refractivity (Wildman–Crippen MR) is 78.4 cm³/mol. The van der Waals surface area contributed by atoms with E-state index in [1.54, 1.807) is 0 Å². The highest BCUT2D eigenvalue weighted by atomic mass is 32.1. The Morgan fingerprint density at radius 3 is 3.06 bits per heavy atom. The number of thiazole rings is 1. The van der Waals surface area contributed by atoms with Crippen molar-refractivity contribution >= 4 is 16.5 Å². The second-order valence-electron chi connectivity index (χ2n) is 4.91. The molecule has 0 saturated carbocycles. The normalized spacial score (nSPS) is 17.1. The minimum absolute atomic E-state index is 0.605. The number of hydrogen-bond acceptors (Lipinski definition) is 3. The summed E-state index contributed by atoms with van der Waals surface area (Å²) in [6.45, 7) is 5.49. The Labute approximate surface area is 112 Å². The molecule has 1 unspecified atom stereocenters. The molecule has 0 aliphatic heterocycles. The lowest BCUT2D eigenvalue weighted by molar-refractivity contribution is 0.757. The fourth-order valence-electron chi connectivity index (χ4n) is 2.54. The first-order chi connectivity index (χ1) is 8.79. The summed E-state index contributed by atoms with van der Waals surface area (Å²) in [7, 11) is 0. The molecule has 2 nitrogen and oxygen atoms in total. The highest BCUT2D eigenvalue weighted by molar-refractivity contribution is 7.16. The molecular weight excluding hydrogens is 240 g/mol. The van der Waals surface area contributed by atoms with E-state index in [4.69, 9.17) is 4.98 Å². The molecule has 18 heavy (non-hydrogen) atoms. The van der Waals surface area contributed by atoms with Gasteiger partial charge in [-0.25, -0.2) is 4.98 Å². The summed E-state index contributed by atoms with van der Waals surface area (Å²) in [6.07, 6.45) is 2.26. The van der Waals surface area contributed by atoms with Gasteiger partial charge in [0.25, 0.3) is 0 Å². The van der Waals surface area contributed by atoms with Crippen LogP contribution in [0.4, 0.5) is 5.13 Å². The van der Waals surface area contributed by atoms with Crippen LogP contribution in [-0.4, -0.2) is 11.5 Å². The van der Waals surface area contributed by atoms with Gasteiger partial charge >= 0.3 is 0 Å². The zero-order valence-corrected chi connectivity index (χ0v) is 11.7. The Morgan fingerprint density at radius 1 is 1.39 bits per heavy atom. The molecule has 0 amide bonds. The second kappa shape index (κ2) is 4.73. The molecular formula is C15H18N2S. The van der Waals surface area contributed by atoms with Crippen molar-refractivity contribution in [2.75, 3.05) is 11.9 Å². The summed E-state index contributed by atoms with van der Waals surface area (Å²) >= 11 is 1.82. The minimum atomic E-state index is 0.605. The first-order valence-corrected chi connectivity index (χ1v) is 7.44. The summed E-state index contributed by atoms with van der Waals surface area (Å²) in [6, 6.07) is 8.68. The van der Waals surface area contributed by atoms with Crippen molar-refractivity contribution in [3.8, 4) is 11.3 Å². The number of nitrogens with one attached hydrogen (secondary N) is 1. The van der Waals surface area contributed by atoms with Crippen molar-refractivity contribution < 1.29 is 0 Å². The van der Waals surface area contributed by atoms with E-state index in [1.807, 2.05) is 11.3 Å². The molecule has 0 radical (unpaired) electrons. The van der Waals surface area contributed by atoms with Crippen LogP contribution in [0.5, 0.6) is 0 Å². The van der Waals surface area contributed by atoms with Crippen LogP contribution in [0.25, 0.3) is 11.3 Å². The molecule has 1 aromatic carbocycles. The zero-order chi connectivity index (χ0) is 12.5. The largest absolute Gasteiger partial charge is 0.362 e. The van der Waals surface area contributed by atoms with Crippen molar-refractivity contribution in [3.05, 3.63) is 34.7 Å². The van der Waals surface area contributed by atoms with Gasteiger partial charge in [-0.05, 0) is 24.3 Å². The fraction of sp³-hybridized carbons (Fsp3) is 0.400. The van der Waals surface area contributed by atoms with Crippen molar-refractivity contribution in [2.24, 2.45) is 0 Å². The van der Waals surface area contributed by atoms with Crippen molar-refractivity contribution in [1.29, 1.82) is 0 Å².